The standard InChI is InChI=1S/C14H18N2O2.C2HF3O2/c17-14(16-7-10-4-2-1-3-5-10)12-6-11-8-15-9-13(12)18-11;3-2(4,5)1(6)7/h1-5,11-13,15H,6-9H2,(H,16,17);(H,6,7)/t11-,12+,13-;/m1./s1. The van der Waals surface area contributed by atoms with Gasteiger partial charge in [-0.3, -0.25) is 4.79 Å². The molecular formula is C16H19F3N2O4. The van der Waals surface area contributed by atoms with Crippen molar-refractivity contribution < 1.29 is 32.6 Å². The summed E-state index contributed by atoms with van der Waals surface area (Å²) in [5.41, 5.74) is 1.13. The Hall–Kier alpha value is -2.13. The Kier molecular flexibility index (Phi) is 6.38. The van der Waals surface area contributed by atoms with Crippen LogP contribution < -0.4 is 10.6 Å². The highest BCUT2D eigenvalue weighted by Gasteiger charge is 2.41. The van der Waals surface area contributed by atoms with Crippen LogP contribution in [0.25, 0.3) is 0 Å². The molecule has 0 radical (unpaired) electrons. The van der Waals surface area contributed by atoms with E-state index in [-0.39, 0.29) is 24.0 Å². The van der Waals surface area contributed by atoms with E-state index in [9.17, 15) is 18.0 Å². The molecule has 0 aliphatic carbocycles. The van der Waals surface area contributed by atoms with Gasteiger partial charge in [0.2, 0.25) is 5.91 Å². The van der Waals surface area contributed by atoms with Gasteiger partial charge < -0.3 is 20.5 Å². The van der Waals surface area contributed by atoms with Gasteiger partial charge in [-0.25, -0.2) is 4.79 Å². The van der Waals surface area contributed by atoms with Gasteiger partial charge in [-0.2, -0.15) is 13.2 Å². The zero-order chi connectivity index (χ0) is 18.4. The Morgan fingerprint density at radius 3 is 2.44 bits per heavy atom. The molecule has 138 valence electrons. The third-order valence-electron chi connectivity index (χ3n) is 3.94. The number of carbonyl (C=O) groups excluding carboxylic acids is 1. The number of aliphatic carboxylic acids is 1. The number of ether oxygens (including phenoxy) is 1. The monoisotopic (exact) mass is 360 g/mol. The third-order valence-corrected chi connectivity index (χ3v) is 3.94. The maximum atomic E-state index is 12.1. The van der Waals surface area contributed by atoms with Crippen molar-refractivity contribution in [2.45, 2.75) is 31.3 Å². The van der Waals surface area contributed by atoms with E-state index in [4.69, 9.17) is 14.6 Å². The molecule has 2 saturated heterocycles. The van der Waals surface area contributed by atoms with Crippen molar-refractivity contribution in [3.05, 3.63) is 35.9 Å². The van der Waals surface area contributed by atoms with E-state index in [1.807, 2.05) is 30.3 Å². The van der Waals surface area contributed by atoms with Crippen LogP contribution in [0.3, 0.4) is 0 Å². The van der Waals surface area contributed by atoms with Gasteiger partial charge >= 0.3 is 12.1 Å². The fraction of sp³-hybridized carbons (Fsp3) is 0.500. The van der Waals surface area contributed by atoms with Gasteiger partial charge in [-0.15, -0.1) is 0 Å². The van der Waals surface area contributed by atoms with Gasteiger partial charge in [0.25, 0.3) is 0 Å². The topological polar surface area (TPSA) is 87.7 Å². The second-order valence-corrected chi connectivity index (χ2v) is 5.80. The van der Waals surface area contributed by atoms with E-state index in [0.29, 0.717) is 6.54 Å². The van der Waals surface area contributed by atoms with Crippen molar-refractivity contribution in [3.63, 3.8) is 0 Å². The quantitative estimate of drug-likeness (QED) is 0.757. The second kappa shape index (κ2) is 8.30. The number of hydrogen-bond donors (Lipinski definition) is 3. The second-order valence-electron chi connectivity index (χ2n) is 5.80. The number of morpholine rings is 1. The first kappa shape index (κ1) is 19.2. The van der Waals surface area contributed by atoms with Crippen molar-refractivity contribution in [2.24, 2.45) is 5.92 Å². The van der Waals surface area contributed by atoms with Gasteiger partial charge in [-0.05, 0) is 12.0 Å². The van der Waals surface area contributed by atoms with E-state index in [2.05, 4.69) is 10.6 Å². The Labute approximate surface area is 142 Å². The normalized spacial score (nSPS) is 24.8. The number of alkyl halides is 3. The first-order valence-corrected chi connectivity index (χ1v) is 7.75. The van der Waals surface area contributed by atoms with Crippen LogP contribution in [0, 0.1) is 5.92 Å². The van der Waals surface area contributed by atoms with Gasteiger partial charge in [-0.1, -0.05) is 30.3 Å². The molecule has 0 spiro atoms. The van der Waals surface area contributed by atoms with Crippen LogP contribution in [0.15, 0.2) is 30.3 Å². The molecule has 1 aromatic carbocycles. The van der Waals surface area contributed by atoms with Gasteiger partial charge in [0.1, 0.15) is 0 Å². The summed E-state index contributed by atoms with van der Waals surface area (Å²) in [6.07, 6.45) is -3.96. The van der Waals surface area contributed by atoms with Gasteiger partial charge in [0.05, 0.1) is 18.1 Å². The van der Waals surface area contributed by atoms with Gasteiger partial charge in [0.15, 0.2) is 0 Å². The summed E-state index contributed by atoms with van der Waals surface area (Å²) < 4.78 is 37.5. The van der Waals surface area contributed by atoms with Crippen molar-refractivity contribution in [3.8, 4) is 0 Å². The maximum absolute atomic E-state index is 12.1. The molecule has 1 amide bonds. The molecule has 9 heteroatoms. The predicted octanol–water partition coefficient (Wildman–Crippen LogP) is 1.31. The lowest BCUT2D eigenvalue weighted by Gasteiger charge is -2.22. The number of amides is 1. The number of nitrogens with one attached hydrogen (secondary N) is 2. The molecule has 2 heterocycles. The average molecular weight is 360 g/mol. The lowest BCUT2D eigenvalue weighted by molar-refractivity contribution is -0.192. The molecule has 0 saturated carbocycles. The van der Waals surface area contributed by atoms with Crippen LogP contribution >= 0.6 is 0 Å². The lowest BCUT2D eigenvalue weighted by atomic mass is 9.99. The Balaban J connectivity index is 0.000000277. The molecule has 3 atom stereocenters. The minimum Gasteiger partial charge on any atom is -0.475 e. The predicted molar refractivity (Wildman–Crippen MR) is 81.6 cm³/mol. The summed E-state index contributed by atoms with van der Waals surface area (Å²) in [7, 11) is 0. The largest absolute Gasteiger partial charge is 0.490 e. The lowest BCUT2D eigenvalue weighted by Crippen LogP contribution is -2.42. The molecule has 6 nitrogen and oxygen atoms in total. The van der Waals surface area contributed by atoms with Crippen LogP contribution in [0.2, 0.25) is 0 Å². The number of carbonyl (C=O) groups is 2. The first-order valence-electron chi connectivity index (χ1n) is 7.75. The van der Waals surface area contributed by atoms with E-state index in [0.717, 1.165) is 25.1 Å². The van der Waals surface area contributed by atoms with E-state index in [1.165, 1.54) is 0 Å². The van der Waals surface area contributed by atoms with Crippen molar-refractivity contribution >= 4 is 11.9 Å². The summed E-state index contributed by atoms with van der Waals surface area (Å²) in [6.45, 7) is 2.26. The van der Waals surface area contributed by atoms with E-state index < -0.39 is 12.1 Å². The molecule has 2 bridgehead atoms. The number of hydrogen-bond acceptors (Lipinski definition) is 4. The Morgan fingerprint density at radius 2 is 1.88 bits per heavy atom. The van der Waals surface area contributed by atoms with Crippen molar-refractivity contribution in [2.75, 3.05) is 13.1 Å². The summed E-state index contributed by atoms with van der Waals surface area (Å²) in [6, 6.07) is 9.98. The highest BCUT2D eigenvalue weighted by molar-refractivity contribution is 5.79. The summed E-state index contributed by atoms with van der Waals surface area (Å²) in [5.74, 6) is -2.63. The van der Waals surface area contributed by atoms with E-state index >= 15 is 0 Å². The summed E-state index contributed by atoms with van der Waals surface area (Å²) in [4.78, 5) is 21.0. The zero-order valence-corrected chi connectivity index (χ0v) is 13.3. The van der Waals surface area contributed by atoms with Crippen LogP contribution in [-0.4, -0.2) is 48.5 Å². The number of rotatable bonds is 3. The minimum absolute atomic E-state index is 0.00807. The summed E-state index contributed by atoms with van der Waals surface area (Å²) >= 11 is 0. The highest BCUT2D eigenvalue weighted by atomic mass is 19.4. The molecule has 2 aliphatic rings. The van der Waals surface area contributed by atoms with Crippen LogP contribution in [0.4, 0.5) is 13.2 Å². The van der Waals surface area contributed by atoms with Crippen molar-refractivity contribution in [1.29, 1.82) is 0 Å². The number of halogens is 3. The molecule has 3 rings (SSSR count). The zero-order valence-electron chi connectivity index (χ0n) is 13.3. The molecule has 0 aromatic heterocycles. The molecule has 2 fully saturated rings. The Bertz CT molecular complexity index is 595. The number of benzene rings is 1. The minimum atomic E-state index is -5.08. The molecular weight excluding hydrogens is 341 g/mol. The molecule has 25 heavy (non-hydrogen) atoms. The summed E-state index contributed by atoms with van der Waals surface area (Å²) in [5, 5.41) is 13.4. The molecule has 1 aromatic rings. The average Bonchev–Trinajstić information content (AvgIpc) is 2.87. The molecule has 0 unspecified atom stereocenters. The molecule has 3 N–H and O–H groups in total. The van der Waals surface area contributed by atoms with Gasteiger partial charge in [0, 0.05) is 19.6 Å². The number of carboxylic acids is 1. The smallest absolute Gasteiger partial charge is 0.475 e. The highest BCUT2D eigenvalue weighted by Crippen LogP contribution is 2.28. The van der Waals surface area contributed by atoms with Crippen LogP contribution in [0.5, 0.6) is 0 Å². The number of fused-ring (bicyclic) bond motifs is 2. The Morgan fingerprint density at radius 1 is 1.24 bits per heavy atom. The van der Waals surface area contributed by atoms with Crippen LogP contribution in [-0.2, 0) is 20.9 Å². The van der Waals surface area contributed by atoms with E-state index in [1.54, 1.807) is 0 Å². The number of carboxylic acid groups (broad SMARTS) is 1. The van der Waals surface area contributed by atoms with Crippen molar-refractivity contribution in [1.82, 2.24) is 10.6 Å². The first-order chi connectivity index (χ1) is 11.8. The maximum Gasteiger partial charge on any atom is 0.490 e. The SMILES string of the molecule is O=C(NCc1ccccc1)[C@H]1C[C@@H]2CNC[C@H]1O2.O=C(O)C(F)(F)F. The third kappa shape index (κ3) is 5.71. The fourth-order valence-electron chi connectivity index (χ4n) is 2.73. The fourth-order valence-corrected chi connectivity index (χ4v) is 2.73. The molecule has 2 aliphatic heterocycles. The van der Waals surface area contributed by atoms with Crippen LogP contribution in [0.1, 0.15) is 12.0 Å².